The number of hydrogen-bond acceptors (Lipinski definition) is 4. The number of hydrogen-bond donors (Lipinski definition) is 0. The maximum absolute atomic E-state index is 12.3. The van der Waals surface area contributed by atoms with Crippen LogP contribution in [0.2, 0.25) is 0 Å². The summed E-state index contributed by atoms with van der Waals surface area (Å²) in [7, 11) is 0. The van der Waals surface area contributed by atoms with Gasteiger partial charge in [-0.3, -0.25) is 9.69 Å². The molecule has 0 radical (unpaired) electrons. The first kappa shape index (κ1) is 17.3. The Kier molecular flexibility index (Phi) is 6.17. The average Bonchev–Trinajstić information content (AvgIpc) is 2.62. The van der Waals surface area contributed by atoms with Crippen molar-refractivity contribution in [2.75, 3.05) is 31.1 Å². The topological polar surface area (TPSA) is 47.3 Å². The van der Waals surface area contributed by atoms with Gasteiger partial charge in [-0.2, -0.15) is 5.26 Å². The Morgan fingerprint density at radius 2 is 2.08 bits per heavy atom. The zero-order valence-corrected chi connectivity index (χ0v) is 14.9. The maximum atomic E-state index is 12.3. The second kappa shape index (κ2) is 8.55. The van der Waals surface area contributed by atoms with E-state index in [-0.39, 0.29) is 5.91 Å². The molecule has 0 aromatic heterocycles. The van der Waals surface area contributed by atoms with Gasteiger partial charge in [0.05, 0.1) is 17.6 Å². The van der Waals surface area contributed by atoms with E-state index in [0.717, 1.165) is 26.1 Å². The fourth-order valence-corrected chi connectivity index (χ4v) is 4.57. The van der Waals surface area contributed by atoms with Gasteiger partial charge in [0.2, 0.25) is 5.91 Å². The molecule has 5 heteroatoms. The average molecular weight is 343 g/mol. The Balaban J connectivity index is 1.56. The zero-order chi connectivity index (χ0) is 16.8. The van der Waals surface area contributed by atoms with Gasteiger partial charge < -0.3 is 4.90 Å². The van der Waals surface area contributed by atoms with Crippen molar-refractivity contribution in [1.82, 2.24) is 9.80 Å². The number of carbonyl (C=O) groups is 1. The number of nitriles is 1. The normalized spacial score (nSPS) is 24.2. The fourth-order valence-electron chi connectivity index (χ4n) is 4.02. The fraction of sp³-hybridized carbons (Fsp3) is 0.579. The van der Waals surface area contributed by atoms with E-state index in [0.29, 0.717) is 23.5 Å². The highest BCUT2D eigenvalue weighted by Gasteiger charge is 2.36. The first-order chi connectivity index (χ1) is 11.8. The number of benzene rings is 1. The molecule has 1 aromatic carbocycles. The van der Waals surface area contributed by atoms with E-state index in [1.807, 2.05) is 4.90 Å². The molecule has 0 bridgehead atoms. The van der Waals surface area contributed by atoms with E-state index in [1.54, 1.807) is 0 Å². The molecule has 0 aliphatic carbocycles. The number of thioether (sulfide) groups is 1. The predicted octanol–water partition coefficient (Wildman–Crippen LogP) is 2.76. The number of rotatable bonds is 5. The van der Waals surface area contributed by atoms with Crippen LogP contribution in [-0.2, 0) is 11.3 Å². The third kappa shape index (κ3) is 4.31. The van der Waals surface area contributed by atoms with Crippen molar-refractivity contribution < 1.29 is 4.79 Å². The molecule has 2 aliphatic heterocycles. The largest absolute Gasteiger partial charge is 0.342 e. The second-order valence-corrected chi connectivity index (χ2v) is 7.69. The summed E-state index contributed by atoms with van der Waals surface area (Å²) >= 11 is 1.42. The first-order valence-corrected chi connectivity index (χ1v) is 9.94. The van der Waals surface area contributed by atoms with E-state index in [9.17, 15) is 4.79 Å². The summed E-state index contributed by atoms with van der Waals surface area (Å²) in [6, 6.07) is 13.4. The minimum atomic E-state index is 0.203. The lowest BCUT2D eigenvalue weighted by Gasteiger charge is -2.47. The molecule has 2 aliphatic rings. The molecular weight excluding hydrogens is 318 g/mol. The van der Waals surface area contributed by atoms with Gasteiger partial charge in [0, 0.05) is 25.7 Å². The van der Waals surface area contributed by atoms with Gasteiger partial charge in [-0.1, -0.05) is 30.3 Å². The summed E-state index contributed by atoms with van der Waals surface area (Å²) in [5.41, 5.74) is 1.38. The molecule has 1 amide bonds. The van der Waals surface area contributed by atoms with Gasteiger partial charge in [0.1, 0.15) is 0 Å². The monoisotopic (exact) mass is 343 g/mol. The van der Waals surface area contributed by atoms with Crippen LogP contribution in [0.3, 0.4) is 0 Å². The summed E-state index contributed by atoms with van der Waals surface area (Å²) < 4.78 is 0. The Morgan fingerprint density at radius 3 is 2.88 bits per heavy atom. The summed E-state index contributed by atoms with van der Waals surface area (Å²) in [4.78, 5) is 16.9. The van der Waals surface area contributed by atoms with Crippen molar-refractivity contribution in [2.24, 2.45) is 5.92 Å². The van der Waals surface area contributed by atoms with E-state index in [4.69, 9.17) is 5.26 Å². The highest BCUT2D eigenvalue weighted by atomic mass is 32.2. The number of nitrogens with zero attached hydrogens (tertiary/aromatic N) is 3. The highest BCUT2D eigenvalue weighted by molar-refractivity contribution is 8.00. The quantitative estimate of drug-likeness (QED) is 0.771. The summed E-state index contributed by atoms with van der Waals surface area (Å²) in [5, 5.41) is 8.59. The minimum absolute atomic E-state index is 0.203. The molecule has 2 heterocycles. The van der Waals surface area contributed by atoms with Crippen molar-refractivity contribution >= 4 is 17.7 Å². The minimum Gasteiger partial charge on any atom is -0.342 e. The van der Waals surface area contributed by atoms with Crippen LogP contribution in [-0.4, -0.2) is 52.9 Å². The summed E-state index contributed by atoms with van der Waals surface area (Å²) in [6.45, 7) is 3.94. The smallest absolute Gasteiger partial charge is 0.232 e. The van der Waals surface area contributed by atoms with E-state index in [1.165, 1.54) is 36.7 Å². The third-order valence-corrected chi connectivity index (χ3v) is 5.94. The van der Waals surface area contributed by atoms with Crippen molar-refractivity contribution in [3.63, 3.8) is 0 Å². The first-order valence-electron chi connectivity index (χ1n) is 8.78. The Bertz CT molecular complexity index is 586. The van der Waals surface area contributed by atoms with Crippen LogP contribution in [0.1, 0.15) is 24.8 Å². The summed E-state index contributed by atoms with van der Waals surface area (Å²) in [5.74, 6) is 1.64. The van der Waals surface area contributed by atoms with Crippen LogP contribution < -0.4 is 0 Å². The Labute approximate surface area is 148 Å². The van der Waals surface area contributed by atoms with Crippen molar-refractivity contribution in [2.45, 2.75) is 31.8 Å². The van der Waals surface area contributed by atoms with Gasteiger partial charge in [-0.15, -0.1) is 11.8 Å². The van der Waals surface area contributed by atoms with Crippen LogP contribution in [0, 0.1) is 17.2 Å². The molecular formula is C19H25N3OS. The number of carbonyl (C=O) groups excluding carboxylic acids is 1. The molecule has 4 nitrogen and oxygen atoms in total. The lowest BCUT2D eigenvalue weighted by atomic mass is 9.83. The maximum Gasteiger partial charge on any atom is 0.232 e. The standard InChI is InChI=1S/C19H25N3OS/c20-9-12-24-15-19(23)22-11-8-18-17(14-22)7-4-10-21(18)13-16-5-2-1-3-6-16/h1-3,5-6,17-18H,4,7-8,10-15H2/t17-,18-/m0/s1. The number of likely N-dealkylation sites (tertiary alicyclic amines) is 2. The van der Waals surface area contributed by atoms with Crippen LogP contribution in [0.15, 0.2) is 30.3 Å². The number of piperidine rings is 2. The third-order valence-electron chi connectivity index (χ3n) is 5.16. The molecule has 2 saturated heterocycles. The zero-order valence-electron chi connectivity index (χ0n) is 14.1. The molecule has 2 fully saturated rings. The van der Waals surface area contributed by atoms with Gasteiger partial charge in [0.25, 0.3) is 0 Å². The summed E-state index contributed by atoms with van der Waals surface area (Å²) in [6.07, 6.45) is 3.52. The molecule has 0 N–H and O–H groups in total. The van der Waals surface area contributed by atoms with Crippen molar-refractivity contribution in [1.29, 1.82) is 5.26 Å². The molecule has 2 atom stereocenters. The molecule has 24 heavy (non-hydrogen) atoms. The second-order valence-electron chi connectivity index (χ2n) is 6.71. The van der Waals surface area contributed by atoms with Gasteiger partial charge >= 0.3 is 0 Å². The molecule has 0 spiro atoms. The van der Waals surface area contributed by atoms with Crippen LogP contribution in [0.25, 0.3) is 0 Å². The number of amides is 1. The van der Waals surface area contributed by atoms with Gasteiger partial charge in [0.15, 0.2) is 0 Å². The SMILES string of the molecule is N#CCSCC(=O)N1CC[C@H]2[C@@H](CCCN2Cc2ccccc2)C1. The molecule has 128 valence electrons. The molecule has 0 unspecified atom stereocenters. The van der Waals surface area contributed by atoms with Gasteiger partial charge in [-0.25, -0.2) is 0 Å². The van der Waals surface area contributed by atoms with Crippen molar-refractivity contribution in [3.8, 4) is 6.07 Å². The van der Waals surface area contributed by atoms with Crippen LogP contribution in [0.5, 0.6) is 0 Å². The lowest BCUT2D eigenvalue weighted by Crippen LogP contribution is -2.55. The molecule has 1 aromatic rings. The molecule has 0 saturated carbocycles. The Morgan fingerprint density at radius 1 is 1.25 bits per heavy atom. The lowest BCUT2D eigenvalue weighted by molar-refractivity contribution is -0.132. The highest BCUT2D eigenvalue weighted by Crippen LogP contribution is 2.31. The van der Waals surface area contributed by atoms with Crippen LogP contribution in [0.4, 0.5) is 0 Å². The van der Waals surface area contributed by atoms with Gasteiger partial charge in [-0.05, 0) is 37.3 Å². The Hall–Kier alpha value is -1.51. The number of fused-ring (bicyclic) bond motifs is 1. The van der Waals surface area contributed by atoms with Crippen molar-refractivity contribution in [3.05, 3.63) is 35.9 Å². The molecule has 3 rings (SSSR count). The van der Waals surface area contributed by atoms with Crippen LogP contribution >= 0.6 is 11.8 Å². The van der Waals surface area contributed by atoms with E-state index < -0.39 is 0 Å². The predicted molar refractivity (Wildman–Crippen MR) is 97.5 cm³/mol. The van der Waals surface area contributed by atoms with E-state index >= 15 is 0 Å². The van der Waals surface area contributed by atoms with E-state index in [2.05, 4.69) is 41.3 Å².